The molecule has 1 aromatic carbocycles. The van der Waals surface area contributed by atoms with Gasteiger partial charge in [-0.25, -0.2) is 4.98 Å². The van der Waals surface area contributed by atoms with Crippen molar-refractivity contribution in [1.82, 2.24) is 9.55 Å². The summed E-state index contributed by atoms with van der Waals surface area (Å²) < 4.78 is 1.92. The topological polar surface area (TPSA) is 17.8 Å². The number of hydrogen-bond donors (Lipinski definition) is 0. The number of benzene rings is 1. The van der Waals surface area contributed by atoms with E-state index >= 15 is 0 Å². The zero-order chi connectivity index (χ0) is 9.97. The molecule has 3 heteroatoms. The molecule has 0 aliphatic carbocycles. The molecule has 0 aliphatic rings. The van der Waals surface area contributed by atoms with Gasteiger partial charge in [0.05, 0.1) is 5.69 Å². The Labute approximate surface area is 88.2 Å². The van der Waals surface area contributed by atoms with E-state index in [0.29, 0.717) is 0 Å². The molecule has 1 aromatic heterocycles. The molecule has 2 rings (SSSR count). The maximum absolute atomic E-state index is 5.80. The summed E-state index contributed by atoms with van der Waals surface area (Å²) in [5.74, 6) is 0. The van der Waals surface area contributed by atoms with Crippen LogP contribution in [0.3, 0.4) is 0 Å². The molecule has 0 bridgehead atoms. The average Bonchev–Trinajstić information content (AvgIpc) is 2.67. The third-order valence-electron chi connectivity index (χ3n) is 2.06. The summed E-state index contributed by atoms with van der Waals surface area (Å²) in [7, 11) is 0. The Kier molecular flexibility index (Phi) is 2.55. The lowest BCUT2D eigenvalue weighted by Gasteiger charge is -1.96. The largest absolute Gasteiger partial charge is 0.328 e. The third kappa shape index (κ3) is 1.80. The zero-order valence-electron chi connectivity index (χ0n) is 7.87. The summed E-state index contributed by atoms with van der Waals surface area (Å²) in [6, 6.07) is 7.64. The Morgan fingerprint density at radius 3 is 2.64 bits per heavy atom. The predicted molar refractivity (Wildman–Crippen MR) is 57.2 cm³/mol. The second-order valence-corrected chi connectivity index (χ2v) is 3.46. The fourth-order valence-electron chi connectivity index (χ4n) is 1.25. The van der Waals surface area contributed by atoms with E-state index in [2.05, 4.69) is 18.2 Å². The van der Waals surface area contributed by atoms with E-state index in [4.69, 9.17) is 11.6 Å². The van der Waals surface area contributed by atoms with Crippen molar-refractivity contribution in [3.8, 4) is 11.3 Å². The molecule has 0 atom stereocenters. The van der Waals surface area contributed by atoms with Crippen LogP contribution in [0.4, 0.5) is 0 Å². The average molecular weight is 206 g/mol. The molecule has 1 heterocycles. The van der Waals surface area contributed by atoms with Crippen molar-refractivity contribution in [2.75, 3.05) is 0 Å². The summed E-state index contributed by atoms with van der Waals surface area (Å²) in [6.45, 7) is 2.95. The molecule has 2 aromatic rings. The number of rotatable bonds is 2. The molecule has 71 valence electrons. The summed E-state index contributed by atoms with van der Waals surface area (Å²) in [5.41, 5.74) is 2.00. The van der Waals surface area contributed by atoms with Gasteiger partial charge in [0.1, 0.15) is 0 Å². The van der Waals surface area contributed by atoms with Gasteiger partial charge in [0.25, 0.3) is 0 Å². The van der Waals surface area contributed by atoms with Crippen molar-refractivity contribution in [3.63, 3.8) is 0 Å². The van der Waals surface area contributed by atoms with Gasteiger partial charge in [-0.2, -0.15) is 0 Å². The fourth-order valence-corrected chi connectivity index (χ4v) is 1.37. The van der Waals surface area contributed by atoms with E-state index in [1.54, 1.807) is 0 Å². The number of aryl methyl sites for hydroxylation is 1. The van der Waals surface area contributed by atoms with Gasteiger partial charge in [-0.1, -0.05) is 23.7 Å². The van der Waals surface area contributed by atoms with E-state index in [9.17, 15) is 0 Å². The Bertz CT molecular complexity index is 417. The molecule has 0 spiro atoms. The molecule has 2 nitrogen and oxygen atoms in total. The van der Waals surface area contributed by atoms with Crippen molar-refractivity contribution < 1.29 is 0 Å². The van der Waals surface area contributed by atoms with E-state index in [1.807, 2.05) is 35.0 Å². The molecule has 14 heavy (non-hydrogen) atoms. The fraction of sp³-hybridized carbons (Fsp3) is 0.182. The van der Waals surface area contributed by atoms with Crippen LogP contribution in [0, 0.1) is 6.33 Å². The third-order valence-corrected chi connectivity index (χ3v) is 2.31. The highest BCUT2D eigenvalue weighted by Gasteiger charge is 2.01. The number of aromatic nitrogens is 2. The van der Waals surface area contributed by atoms with Gasteiger partial charge in [-0.15, -0.1) is 0 Å². The van der Waals surface area contributed by atoms with E-state index < -0.39 is 0 Å². The molecule has 0 aliphatic heterocycles. The Morgan fingerprint density at radius 2 is 2.07 bits per heavy atom. The van der Waals surface area contributed by atoms with Crippen molar-refractivity contribution in [3.05, 3.63) is 41.8 Å². The van der Waals surface area contributed by atoms with Crippen LogP contribution < -0.4 is 0 Å². The normalized spacial score (nSPS) is 10.4. The maximum atomic E-state index is 5.80. The first-order valence-electron chi connectivity index (χ1n) is 4.50. The first-order valence-corrected chi connectivity index (χ1v) is 4.88. The van der Waals surface area contributed by atoms with Crippen LogP contribution in [0.25, 0.3) is 11.3 Å². The second kappa shape index (κ2) is 3.84. The van der Waals surface area contributed by atoms with Crippen LogP contribution in [-0.4, -0.2) is 9.55 Å². The highest BCUT2D eigenvalue weighted by atomic mass is 35.5. The molecule has 0 unspecified atom stereocenters. The van der Waals surface area contributed by atoms with E-state index in [1.165, 1.54) is 0 Å². The molecular weight excluding hydrogens is 196 g/mol. The van der Waals surface area contributed by atoms with E-state index in [-0.39, 0.29) is 0 Å². The standard InChI is InChI=1S/C11H10ClN2/c1-2-14-7-11(13-8-14)9-3-5-10(12)6-4-9/h3-7H,2H2,1H3. The quantitative estimate of drug-likeness (QED) is 0.737. The van der Waals surface area contributed by atoms with Crippen molar-refractivity contribution in [1.29, 1.82) is 0 Å². The lowest BCUT2D eigenvalue weighted by molar-refractivity contribution is 0.755. The number of imidazole rings is 1. The summed E-state index contributed by atoms with van der Waals surface area (Å²) in [5, 5.41) is 0.743. The molecular formula is C11H10ClN2. The molecule has 1 radical (unpaired) electrons. The molecule has 0 saturated heterocycles. The van der Waals surface area contributed by atoms with Gasteiger partial charge in [-0.05, 0) is 19.1 Å². The highest BCUT2D eigenvalue weighted by Crippen LogP contribution is 2.19. The van der Waals surface area contributed by atoms with Crippen LogP contribution in [-0.2, 0) is 6.54 Å². The lowest BCUT2D eigenvalue weighted by Crippen LogP contribution is -1.87. The molecule has 0 N–H and O–H groups in total. The zero-order valence-corrected chi connectivity index (χ0v) is 8.62. The number of hydrogen-bond acceptors (Lipinski definition) is 1. The first-order chi connectivity index (χ1) is 6.79. The second-order valence-electron chi connectivity index (χ2n) is 3.02. The number of nitrogens with zero attached hydrogens (tertiary/aromatic N) is 2. The van der Waals surface area contributed by atoms with Gasteiger partial charge in [0, 0.05) is 23.3 Å². The minimum atomic E-state index is 0.743. The Morgan fingerprint density at radius 1 is 1.36 bits per heavy atom. The monoisotopic (exact) mass is 205 g/mol. The van der Waals surface area contributed by atoms with Crippen molar-refractivity contribution >= 4 is 11.6 Å². The Hall–Kier alpha value is -1.28. The minimum Gasteiger partial charge on any atom is -0.328 e. The minimum absolute atomic E-state index is 0.743. The van der Waals surface area contributed by atoms with Crippen LogP contribution in [0.2, 0.25) is 5.02 Å². The van der Waals surface area contributed by atoms with Crippen LogP contribution in [0.15, 0.2) is 30.5 Å². The summed E-state index contributed by atoms with van der Waals surface area (Å²) in [4.78, 5) is 4.18. The summed E-state index contributed by atoms with van der Waals surface area (Å²) in [6.07, 6.45) is 4.88. The highest BCUT2D eigenvalue weighted by molar-refractivity contribution is 6.30. The van der Waals surface area contributed by atoms with Crippen LogP contribution >= 0.6 is 11.6 Å². The molecule has 0 fully saturated rings. The Balaban J connectivity index is 2.34. The molecule has 0 saturated carbocycles. The predicted octanol–water partition coefficient (Wildman–Crippen LogP) is 3.02. The van der Waals surface area contributed by atoms with Crippen molar-refractivity contribution in [2.45, 2.75) is 13.5 Å². The SMILES string of the molecule is CCn1[c]nc(-c2ccc(Cl)cc2)c1. The van der Waals surface area contributed by atoms with E-state index in [0.717, 1.165) is 22.8 Å². The van der Waals surface area contributed by atoms with Crippen LogP contribution in [0.5, 0.6) is 0 Å². The number of halogens is 1. The van der Waals surface area contributed by atoms with Gasteiger partial charge < -0.3 is 4.57 Å². The molecule has 0 amide bonds. The maximum Gasteiger partial charge on any atom is 0.177 e. The lowest BCUT2D eigenvalue weighted by atomic mass is 10.2. The van der Waals surface area contributed by atoms with Gasteiger partial charge in [0.15, 0.2) is 6.33 Å². The summed E-state index contributed by atoms with van der Waals surface area (Å²) >= 11 is 5.80. The van der Waals surface area contributed by atoms with Gasteiger partial charge >= 0.3 is 0 Å². The van der Waals surface area contributed by atoms with Crippen molar-refractivity contribution in [2.24, 2.45) is 0 Å². The first kappa shape index (κ1) is 9.28. The van der Waals surface area contributed by atoms with Gasteiger partial charge in [-0.3, -0.25) is 0 Å². The van der Waals surface area contributed by atoms with Crippen LogP contribution in [0.1, 0.15) is 6.92 Å². The smallest absolute Gasteiger partial charge is 0.177 e. The van der Waals surface area contributed by atoms with Gasteiger partial charge in [0.2, 0.25) is 0 Å².